The monoisotopic (exact) mass is 214 g/mol. The Morgan fingerprint density at radius 3 is 2.33 bits per heavy atom. The van der Waals surface area contributed by atoms with Crippen LogP contribution in [-0.2, 0) is 9.59 Å². The van der Waals surface area contributed by atoms with E-state index in [1.165, 1.54) is 11.3 Å². The number of likely N-dealkylation sites (tertiary alicyclic amines) is 1. The molecule has 0 aromatic carbocycles. The van der Waals surface area contributed by atoms with Crippen molar-refractivity contribution in [3.63, 3.8) is 0 Å². The number of carbonyl (C=O) groups excluding carboxylic acids is 1. The Balaban J connectivity index is 2.30. The zero-order chi connectivity index (χ0) is 11.3. The van der Waals surface area contributed by atoms with Gasteiger partial charge >= 0.3 is 5.97 Å². The van der Waals surface area contributed by atoms with Gasteiger partial charge in [0.2, 0.25) is 5.91 Å². The highest BCUT2D eigenvalue weighted by molar-refractivity contribution is 5.79. The van der Waals surface area contributed by atoms with Crippen molar-refractivity contribution in [2.24, 2.45) is 0 Å². The summed E-state index contributed by atoms with van der Waals surface area (Å²) < 4.78 is 0. The van der Waals surface area contributed by atoms with E-state index < -0.39 is 5.97 Å². The van der Waals surface area contributed by atoms with Gasteiger partial charge in [-0.25, -0.2) is 0 Å². The van der Waals surface area contributed by atoms with E-state index in [1.807, 2.05) is 4.90 Å². The summed E-state index contributed by atoms with van der Waals surface area (Å²) in [5.74, 6) is -0.859. The summed E-state index contributed by atoms with van der Waals surface area (Å²) in [5.41, 5.74) is 0. The number of carboxylic acids is 1. The van der Waals surface area contributed by atoms with Crippen LogP contribution in [0.25, 0.3) is 0 Å². The summed E-state index contributed by atoms with van der Waals surface area (Å²) >= 11 is 0. The van der Waals surface area contributed by atoms with Crippen molar-refractivity contribution in [2.45, 2.75) is 19.3 Å². The molecule has 0 bridgehead atoms. The second-order valence-electron chi connectivity index (χ2n) is 4.01. The van der Waals surface area contributed by atoms with Crippen LogP contribution in [0.1, 0.15) is 19.3 Å². The van der Waals surface area contributed by atoms with Crippen molar-refractivity contribution >= 4 is 11.9 Å². The van der Waals surface area contributed by atoms with Crippen molar-refractivity contribution < 1.29 is 14.7 Å². The van der Waals surface area contributed by atoms with E-state index in [4.69, 9.17) is 5.11 Å². The Labute approximate surface area is 89.7 Å². The SMILES string of the molecule is CN(CC(=O)O)CC(=O)N1CCCCC1. The van der Waals surface area contributed by atoms with Crippen LogP contribution in [-0.4, -0.2) is 60.0 Å². The molecule has 1 heterocycles. The normalized spacial score (nSPS) is 16.8. The van der Waals surface area contributed by atoms with Gasteiger partial charge in [-0.2, -0.15) is 0 Å². The van der Waals surface area contributed by atoms with Crippen molar-refractivity contribution in [3.8, 4) is 0 Å². The minimum Gasteiger partial charge on any atom is -0.480 e. The molecule has 5 heteroatoms. The zero-order valence-corrected chi connectivity index (χ0v) is 9.11. The molecule has 5 nitrogen and oxygen atoms in total. The predicted octanol–water partition coefficient (Wildman–Crippen LogP) is 0.0153. The Kier molecular flexibility index (Phi) is 4.55. The van der Waals surface area contributed by atoms with Crippen molar-refractivity contribution in [1.29, 1.82) is 0 Å². The minimum atomic E-state index is -0.899. The van der Waals surface area contributed by atoms with Gasteiger partial charge in [0.05, 0.1) is 13.1 Å². The number of likely N-dealkylation sites (N-methyl/N-ethyl adjacent to an activating group) is 1. The van der Waals surface area contributed by atoms with E-state index in [-0.39, 0.29) is 19.0 Å². The first-order valence-corrected chi connectivity index (χ1v) is 5.27. The molecule has 1 aliphatic heterocycles. The van der Waals surface area contributed by atoms with Crippen LogP contribution in [0.4, 0.5) is 0 Å². The maximum absolute atomic E-state index is 11.7. The average Bonchev–Trinajstić information content (AvgIpc) is 2.17. The molecule has 0 unspecified atom stereocenters. The molecule has 1 rings (SSSR count). The number of carbonyl (C=O) groups is 2. The van der Waals surface area contributed by atoms with Gasteiger partial charge in [-0.1, -0.05) is 0 Å². The minimum absolute atomic E-state index is 0.0402. The number of hydrogen-bond acceptors (Lipinski definition) is 3. The standard InChI is InChI=1S/C10H18N2O3/c1-11(8-10(14)15)7-9(13)12-5-3-2-4-6-12/h2-8H2,1H3,(H,14,15). The fraction of sp³-hybridized carbons (Fsp3) is 0.800. The molecule has 0 radical (unpaired) electrons. The highest BCUT2D eigenvalue weighted by atomic mass is 16.4. The maximum Gasteiger partial charge on any atom is 0.317 e. The molecule has 0 atom stereocenters. The lowest BCUT2D eigenvalue weighted by Crippen LogP contribution is -2.42. The molecule has 15 heavy (non-hydrogen) atoms. The van der Waals surface area contributed by atoms with Gasteiger partial charge in [0.25, 0.3) is 0 Å². The van der Waals surface area contributed by atoms with Gasteiger partial charge in [0.1, 0.15) is 0 Å². The van der Waals surface area contributed by atoms with Gasteiger partial charge in [-0.3, -0.25) is 14.5 Å². The van der Waals surface area contributed by atoms with Gasteiger partial charge in [0, 0.05) is 13.1 Å². The quantitative estimate of drug-likeness (QED) is 0.716. The molecule has 1 N–H and O–H groups in total. The summed E-state index contributed by atoms with van der Waals surface area (Å²) in [4.78, 5) is 25.4. The van der Waals surface area contributed by atoms with E-state index in [9.17, 15) is 9.59 Å². The largest absolute Gasteiger partial charge is 0.480 e. The number of rotatable bonds is 4. The summed E-state index contributed by atoms with van der Waals surface area (Å²) in [7, 11) is 1.65. The van der Waals surface area contributed by atoms with E-state index in [2.05, 4.69) is 0 Å². The number of piperidine rings is 1. The topological polar surface area (TPSA) is 60.9 Å². The Bertz CT molecular complexity index is 237. The van der Waals surface area contributed by atoms with Crippen molar-refractivity contribution in [2.75, 3.05) is 33.2 Å². The first-order chi connectivity index (χ1) is 7.09. The Morgan fingerprint density at radius 2 is 1.80 bits per heavy atom. The molecular weight excluding hydrogens is 196 g/mol. The molecule has 1 amide bonds. The van der Waals surface area contributed by atoms with Crippen LogP contribution in [0.3, 0.4) is 0 Å². The Morgan fingerprint density at radius 1 is 1.20 bits per heavy atom. The summed E-state index contributed by atoms with van der Waals surface area (Å²) in [6, 6.07) is 0. The van der Waals surface area contributed by atoms with E-state index in [1.54, 1.807) is 7.05 Å². The van der Waals surface area contributed by atoms with Crippen LogP contribution in [0.15, 0.2) is 0 Å². The molecule has 1 fully saturated rings. The molecule has 0 spiro atoms. The van der Waals surface area contributed by atoms with Crippen molar-refractivity contribution in [1.82, 2.24) is 9.80 Å². The second-order valence-corrected chi connectivity index (χ2v) is 4.01. The lowest BCUT2D eigenvalue weighted by molar-refractivity contribution is -0.139. The highest BCUT2D eigenvalue weighted by Crippen LogP contribution is 2.08. The predicted molar refractivity (Wildman–Crippen MR) is 55.6 cm³/mol. The van der Waals surface area contributed by atoms with Crippen LogP contribution in [0.2, 0.25) is 0 Å². The lowest BCUT2D eigenvalue weighted by atomic mass is 10.1. The molecule has 86 valence electrons. The first-order valence-electron chi connectivity index (χ1n) is 5.27. The fourth-order valence-electron chi connectivity index (χ4n) is 1.76. The summed E-state index contributed by atoms with van der Waals surface area (Å²) in [6.07, 6.45) is 3.32. The third-order valence-electron chi connectivity index (χ3n) is 2.52. The van der Waals surface area contributed by atoms with Gasteiger partial charge in [0.15, 0.2) is 0 Å². The lowest BCUT2D eigenvalue weighted by Gasteiger charge is -2.28. The molecule has 1 aliphatic rings. The van der Waals surface area contributed by atoms with Gasteiger partial charge in [-0.05, 0) is 26.3 Å². The van der Waals surface area contributed by atoms with Crippen LogP contribution < -0.4 is 0 Å². The highest BCUT2D eigenvalue weighted by Gasteiger charge is 2.18. The second kappa shape index (κ2) is 5.70. The number of nitrogens with zero attached hydrogens (tertiary/aromatic N) is 2. The maximum atomic E-state index is 11.7. The van der Waals surface area contributed by atoms with Crippen LogP contribution in [0.5, 0.6) is 0 Å². The van der Waals surface area contributed by atoms with Crippen molar-refractivity contribution in [3.05, 3.63) is 0 Å². The third kappa shape index (κ3) is 4.29. The summed E-state index contributed by atoms with van der Waals surface area (Å²) in [5, 5.41) is 8.54. The van der Waals surface area contributed by atoms with E-state index in [0.717, 1.165) is 25.9 Å². The zero-order valence-electron chi connectivity index (χ0n) is 9.11. The Hall–Kier alpha value is -1.10. The molecule has 0 aromatic heterocycles. The number of carboxylic acid groups (broad SMARTS) is 1. The third-order valence-corrected chi connectivity index (χ3v) is 2.52. The molecule has 1 saturated heterocycles. The van der Waals surface area contributed by atoms with E-state index >= 15 is 0 Å². The number of amides is 1. The number of hydrogen-bond donors (Lipinski definition) is 1. The molecule has 0 saturated carbocycles. The fourth-order valence-corrected chi connectivity index (χ4v) is 1.76. The van der Waals surface area contributed by atoms with Crippen LogP contribution >= 0.6 is 0 Å². The van der Waals surface area contributed by atoms with E-state index in [0.29, 0.717) is 0 Å². The molecule has 0 aromatic rings. The average molecular weight is 214 g/mol. The molecule has 0 aliphatic carbocycles. The number of aliphatic carboxylic acids is 1. The smallest absolute Gasteiger partial charge is 0.317 e. The molecular formula is C10H18N2O3. The summed E-state index contributed by atoms with van der Waals surface area (Å²) in [6.45, 7) is 1.76. The van der Waals surface area contributed by atoms with Crippen LogP contribution in [0, 0.1) is 0 Å². The van der Waals surface area contributed by atoms with Gasteiger partial charge in [-0.15, -0.1) is 0 Å². The first kappa shape index (κ1) is 12.0. The van der Waals surface area contributed by atoms with Gasteiger partial charge < -0.3 is 10.0 Å².